The Morgan fingerprint density at radius 2 is 1.74 bits per heavy atom. The first-order chi connectivity index (χ1) is 18.6. The maximum Gasteiger partial charge on any atom is 0.259 e. The van der Waals surface area contributed by atoms with Gasteiger partial charge in [0.2, 0.25) is 17.8 Å². The lowest BCUT2D eigenvalue weighted by Gasteiger charge is -2.25. The largest absolute Gasteiger partial charge is 0.341 e. The molecule has 2 fully saturated rings. The number of benzene rings is 2. The Morgan fingerprint density at radius 3 is 2.53 bits per heavy atom. The molecule has 2 aliphatic heterocycles. The second-order valence-electron chi connectivity index (χ2n) is 9.72. The lowest BCUT2D eigenvalue weighted by Crippen LogP contribution is -2.45. The minimum Gasteiger partial charge on any atom is -0.341 e. The van der Waals surface area contributed by atoms with E-state index in [1.807, 2.05) is 47.4 Å². The van der Waals surface area contributed by atoms with Crippen LogP contribution in [-0.4, -0.2) is 70.7 Å². The van der Waals surface area contributed by atoms with Crippen molar-refractivity contribution >= 4 is 40.1 Å². The molecule has 3 aromatic rings. The van der Waals surface area contributed by atoms with Gasteiger partial charge in [-0.2, -0.15) is 0 Å². The summed E-state index contributed by atoms with van der Waals surface area (Å²) in [5, 5.41) is 8.17. The summed E-state index contributed by atoms with van der Waals surface area (Å²) in [4.78, 5) is 51.5. The molecule has 0 radical (unpaired) electrons. The second kappa shape index (κ2) is 11.9. The summed E-state index contributed by atoms with van der Waals surface area (Å²) < 4.78 is 0. The number of pyridine rings is 1. The van der Waals surface area contributed by atoms with Crippen molar-refractivity contribution in [1.82, 2.24) is 20.1 Å². The number of nitrogens with one attached hydrogen (secondary N) is 2. The van der Waals surface area contributed by atoms with Crippen LogP contribution in [-0.2, 0) is 9.59 Å². The van der Waals surface area contributed by atoms with Crippen LogP contribution in [0.25, 0.3) is 10.8 Å². The van der Waals surface area contributed by atoms with Crippen LogP contribution in [0.3, 0.4) is 0 Å². The van der Waals surface area contributed by atoms with E-state index in [0.29, 0.717) is 18.5 Å². The SMILES string of the molecule is O=C(NC(=NC1CCCCN(CC(=O)N2CCCC2)C1=O)Nc1ccc2ccccc2c1)c1cccnc1. The molecule has 2 saturated heterocycles. The van der Waals surface area contributed by atoms with E-state index in [4.69, 9.17) is 4.99 Å². The zero-order valence-corrected chi connectivity index (χ0v) is 21.3. The molecule has 0 spiro atoms. The average Bonchev–Trinajstić information content (AvgIpc) is 3.44. The number of anilines is 1. The molecule has 3 heterocycles. The van der Waals surface area contributed by atoms with Crippen LogP contribution in [0.15, 0.2) is 72.0 Å². The number of aromatic nitrogens is 1. The van der Waals surface area contributed by atoms with Gasteiger partial charge in [-0.25, -0.2) is 4.99 Å². The third kappa shape index (κ3) is 6.16. The van der Waals surface area contributed by atoms with Gasteiger partial charge in [0.15, 0.2) is 0 Å². The Bertz CT molecular complexity index is 1340. The number of carbonyl (C=O) groups is 3. The zero-order chi connectivity index (χ0) is 26.3. The number of likely N-dealkylation sites (tertiary alicyclic amines) is 2. The molecule has 0 bridgehead atoms. The lowest BCUT2D eigenvalue weighted by atomic mass is 10.1. The van der Waals surface area contributed by atoms with E-state index in [-0.39, 0.29) is 30.2 Å². The maximum atomic E-state index is 13.5. The molecule has 5 rings (SSSR count). The molecule has 38 heavy (non-hydrogen) atoms. The number of fused-ring (bicyclic) bond motifs is 1. The molecule has 2 N–H and O–H groups in total. The highest BCUT2D eigenvalue weighted by Crippen LogP contribution is 2.20. The Morgan fingerprint density at radius 1 is 0.947 bits per heavy atom. The highest BCUT2D eigenvalue weighted by Gasteiger charge is 2.30. The van der Waals surface area contributed by atoms with Gasteiger partial charge >= 0.3 is 0 Å². The van der Waals surface area contributed by atoms with Crippen LogP contribution < -0.4 is 10.6 Å². The Labute approximate surface area is 221 Å². The molecular formula is C29H32N6O3. The van der Waals surface area contributed by atoms with Crippen molar-refractivity contribution in [2.75, 3.05) is 31.5 Å². The summed E-state index contributed by atoms with van der Waals surface area (Å²) in [7, 11) is 0. The number of hydrogen-bond donors (Lipinski definition) is 2. The van der Waals surface area contributed by atoms with Gasteiger partial charge in [-0.1, -0.05) is 30.3 Å². The van der Waals surface area contributed by atoms with E-state index in [0.717, 1.165) is 55.2 Å². The minimum absolute atomic E-state index is 0.0140. The van der Waals surface area contributed by atoms with Crippen molar-refractivity contribution in [1.29, 1.82) is 0 Å². The topological polar surface area (TPSA) is 107 Å². The van der Waals surface area contributed by atoms with Gasteiger partial charge < -0.3 is 15.1 Å². The van der Waals surface area contributed by atoms with Gasteiger partial charge in [0, 0.05) is 37.7 Å². The number of guanidine groups is 1. The van der Waals surface area contributed by atoms with E-state index in [9.17, 15) is 14.4 Å². The molecular weight excluding hydrogens is 480 g/mol. The number of amides is 3. The predicted octanol–water partition coefficient (Wildman–Crippen LogP) is 3.44. The van der Waals surface area contributed by atoms with Crippen LogP contribution in [0.5, 0.6) is 0 Å². The second-order valence-corrected chi connectivity index (χ2v) is 9.72. The normalized spacial score (nSPS) is 18.4. The van der Waals surface area contributed by atoms with E-state index < -0.39 is 6.04 Å². The number of nitrogens with zero attached hydrogens (tertiary/aromatic N) is 4. The minimum atomic E-state index is -0.707. The van der Waals surface area contributed by atoms with Crippen molar-refractivity contribution in [3.05, 3.63) is 72.6 Å². The number of hydrogen-bond acceptors (Lipinski definition) is 5. The molecule has 2 aliphatic rings. The summed E-state index contributed by atoms with van der Waals surface area (Å²) in [5.74, 6) is -0.407. The maximum absolute atomic E-state index is 13.5. The van der Waals surface area contributed by atoms with Crippen LogP contribution in [0.1, 0.15) is 42.5 Å². The Balaban J connectivity index is 1.39. The smallest absolute Gasteiger partial charge is 0.259 e. The molecule has 3 amide bonds. The van der Waals surface area contributed by atoms with Crippen LogP contribution in [0, 0.1) is 0 Å². The molecule has 1 atom stereocenters. The molecule has 1 unspecified atom stereocenters. The van der Waals surface area contributed by atoms with Crippen molar-refractivity contribution in [2.24, 2.45) is 4.99 Å². The number of rotatable bonds is 5. The van der Waals surface area contributed by atoms with Gasteiger partial charge in [0.25, 0.3) is 5.91 Å². The molecule has 2 aromatic carbocycles. The van der Waals surface area contributed by atoms with Gasteiger partial charge in [-0.3, -0.25) is 24.7 Å². The summed E-state index contributed by atoms with van der Waals surface area (Å²) >= 11 is 0. The summed E-state index contributed by atoms with van der Waals surface area (Å²) in [5.41, 5.74) is 1.11. The van der Waals surface area contributed by atoms with E-state index >= 15 is 0 Å². The standard InChI is InChI=1S/C29H32N6O3/c36-26(34-15-5-6-16-34)20-35-17-4-3-11-25(28(35)38)32-29(33-27(37)23-10-7-14-30-19-23)31-24-13-12-21-8-1-2-9-22(21)18-24/h1-2,7-10,12-14,18-19,25H,3-6,11,15-17,20H2,(H2,31,32,33,37). The Kier molecular flexibility index (Phi) is 7.92. The van der Waals surface area contributed by atoms with Crippen LogP contribution in [0.2, 0.25) is 0 Å². The van der Waals surface area contributed by atoms with Crippen molar-refractivity contribution < 1.29 is 14.4 Å². The summed E-state index contributed by atoms with van der Waals surface area (Å²) in [6.07, 6.45) is 7.24. The summed E-state index contributed by atoms with van der Waals surface area (Å²) in [6.45, 7) is 2.10. The predicted molar refractivity (Wildman–Crippen MR) is 147 cm³/mol. The fraction of sp³-hybridized carbons (Fsp3) is 0.345. The van der Waals surface area contributed by atoms with Crippen molar-refractivity contribution in [3.8, 4) is 0 Å². The first kappa shape index (κ1) is 25.4. The average molecular weight is 513 g/mol. The Hall–Kier alpha value is -4.27. The van der Waals surface area contributed by atoms with Gasteiger partial charge in [0.05, 0.1) is 12.1 Å². The highest BCUT2D eigenvalue weighted by molar-refractivity contribution is 6.10. The summed E-state index contributed by atoms with van der Waals surface area (Å²) in [6, 6.07) is 16.5. The molecule has 9 heteroatoms. The molecule has 1 aromatic heterocycles. The molecule has 9 nitrogen and oxygen atoms in total. The van der Waals surface area contributed by atoms with Crippen molar-refractivity contribution in [3.63, 3.8) is 0 Å². The number of carbonyl (C=O) groups excluding carboxylic acids is 3. The van der Waals surface area contributed by atoms with Crippen LogP contribution in [0.4, 0.5) is 5.69 Å². The van der Waals surface area contributed by atoms with Gasteiger partial charge in [0.1, 0.15) is 6.04 Å². The highest BCUT2D eigenvalue weighted by atomic mass is 16.2. The fourth-order valence-corrected chi connectivity index (χ4v) is 4.92. The van der Waals surface area contributed by atoms with E-state index in [1.54, 1.807) is 23.2 Å². The van der Waals surface area contributed by atoms with Crippen molar-refractivity contribution in [2.45, 2.75) is 38.1 Å². The molecule has 0 aliphatic carbocycles. The fourth-order valence-electron chi connectivity index (χ4n) is 4.92. The quantitative estimate of drug-likeness (QED) is 0.402. The van der Waals surface area contributed by atoms with Gasteiger partial charge in [-0.05, 0) is 67.1 Å². The third-order valence-electron chi connectivity index (χ3n) is 6.99. The van der Waals surface area contributed by atoms with Crippen LogP contribution >= 0.6 is 0 Å². The molecule has 196 valence electrons. The monoisotopic (exact) mass is 512 g/mol. The first-order valence-corrected chi connectivity index (χ1v) is 13.2. The van der Waals surface area contributed by atoms with E-state index in [2.05, 4.69) is 15.6 Å². The van der Waals surface area contributed by atoms with E-state index in [1.165, 1.54) is 6.20 Å². The number of aliphatic imine (C=N–C) groups is 1. The third-order valence-corrected chi connectivity index (χ3v) is 6.99. The lowest BCUT2D eigenvalue weighted by molar-refractivity contribution is -0.140. The van der Waals surface area contributed by atoms with Gasteiger partial charge in [-0.15, -0.1) is 0 Å². The zero-order valence-electron chi connectivity index (χ0n) is 21.3. The first-order valence-electron chi connectivity index (χ1n) is 13.2. The molecule has 0 saturated carbocycles.